The molecule has 1 aliphatic heterocycles. The second-order valence-corrected chi connectivity index (χ2v) is 9.15. The number of anilines is 1. The van der Waals surface area contributed by atoms with Crippen molar-refractivity contribution in [2.24, 2.45) is 5.92 Å². The summed E-state index contributed by atoms with van der Waals surface area (Å²) in [5, 5.41) is 6.02. The smallest absolute Gasteiger partial charge is 0.243 e. The zero-order valence-corrected chi connectivity index (χ0v) is 17.9. The van der Waals surface area contributed by atoms with Crippen molar-refractivity contribution in [2.45, 2.75) is 12.8 Å². The molecule has 2 aromatic rings. The van der Waals surface area contributed by atoms with Gasteiger partial charge >= 0.3 is 0 Å². The van der Waals surface area contributed by atoms with Gasteiger partial charge in [-0.3, -0.25) is 9.59 Å². The maximum atomic E-state index is 13.2. The van der Waals surface area contributed by atoms with E-state index < -0.39 is 33.5 Å². The molecule has 2 aromatic carbocycles. The molecule has 7 nitrogen and oxygen atoms in total. The largest absolute Gasteiger partial charge is 0.347 e. The summed E-state index contributed by atoms with van der Waals surface area (Å²) in [4.78, 5) is 24.3. The number of hydrogen-bond donors (Lipinski definition) is 2. The Labute approximate surface area is 185 Å². The van der Waals surface area contributed by atoms with E-state index in [1.165, 1.54) is 16.4 Å². The summed E-state index contributed by atoms with van der Waals surface area (Å²) in [6, 6.07) is 12.0. The molecule has 0 radical (unpaired) electrons. The van der Waals surface area contributed by atoms with Crippen LogP contribution in [0.4, 0.5) is 14.5 Å². The van der Waals surface area contributed by atoms with Crippen LogP contribution < -0.4 is 10.6 Å². The minimum absolute atomic E-state index is 0.0743. The number of carbonyl (C=O) groups is 2. The minimum Gasteiger partial charge on any atom is -0.347 e. The molecule has 0 aromatic heterocycles. The van der Waals surface area contributed by atoms with Crippen molar-refractivity contribution in [2.75, 3.05) is 25.0 Å². The Bertz CT molecular complexity index is 1100. The Balaban J connectivity index is 1.45. The number of hydrogen-bond acceptors (Lipinski definition) is 4. The van der Waals surface area contributed by atoms with Gasteiger partial charge in [0.1, 0.15) is 0 Å². The summed E-state index contributed by atoms with van der Waals surface area (Å²) in [7, 11) is -3.60. The third-order valence-corrected chi connectivity index (χ3v) is 6.61. The van der Waals surface area contributed by atoms with E-state index in [-0.39, 0.29) is 31.2 Å². The Kier molecular flexibility index (Phi) is 7.70. The van der Waals surface area contributed by atoms with Crippen molar-refractivity contribution in [3.63, 3.8) is 0 Å². The number of sulfonamides is 1. The second-order valence-electron chi connectivity index (χ2n) is 7.33. The number of rotatable bonds is 7. The first kappa shape index (κ1) is 23.6. The lowest BCUT2D eigenvalue weighted by atomic mass is 9.97. The molecule has 2 N–H and O–H groups in total. The molecule has 0 aliphatic carbocycles. The maximum absolute atomic E-state index is 13.2. The number of benzene rings is 2. The SMILES string of the molecule is O=C(CNC(=O)C1CCN(S(=O)(=O)/C=C/c2ccccc2)CC1)Nc1ccc(F)c(F)c1. The van der Waals surface area contributed by atoms with Crippen LogP contribution in [0.2, 0.25) is 0 Å². The molecule has 0 bridgehead atoms. The van der Waals surface area contributed by atoms with Crippen LogP contribution in [0.15, 0.2) is 53.9 Å². The topological polar surface area (TPSA) is 95.6 Å². The number of halogens is 2. The quantitative estimate of drug-likeness (QED) is 0.660. The van der Waals surface area contributed by atoms with Crippen molar-refractivity contribution in [1.82, 2.24) is 9.62 Å². The predicted molar refractivity (Wildman–Crippen MR) is 117 cm³/mol. The van der Waals surface area contributed by atoms with Gasteiger partial charge in [0.05, 0.1) is 6.54 Å². The first-order chi connectivity index (χ1) is 15.2. The summed E-state index contributed by atoms with van der Waals surface area (Å²) >= 11 is 0. The molecule has 1 fully saturated rings. The van der Waals surface area contributed by atoms with Crippen molar-refractivity contribution < 1.29 is 26.8 Å². The summed E-state index contributed by atoms with van der Waals surface area (Å²) < 4.78 is 52.5. The fourth-order valence-corrected chi connectivity index (χ4v) is 4.50. The van der Waals surface area contributed by atoms with Gasteiger partial charge in [-0.15, -0.1) is 0 Å². The van der Waals surface area contributed by atoms with Crippen LogP contribution in [0.25, 0.3) is 6.08 Å². The van der Waals surface area contributed by atoms with Gasteiger partial charge < -0.3 is 10.6 Å². The van der Waals surface area contributed by atoms with Gasteiger partial charge in [-0.2, -0.15) is 4.31 Å². The summed E-state index contributed by atoms with van der Waals surface area (Å²) in [6.07, 6.45) is 2.18. The average Bonchev–Trinajstić information content (AvgIpc) is 2.79. The highest BCUT2D eigenvalue weighted by molar-refractivity contribution is 7.92. The molecule has 0 saturated carbocycles. The highest BCUT2D eigenvalue weighted by Gasteiger charge is 2.30. The van der Waals surface area contributed by atoms with Crippen molar-refractivity contribution >= 4 is 33.6 Å². The number of carbonyl (C=O) groups excluding carboxylic acids is 2. The lowest BCUT2D eigenvalue weighted by molar-refractivity contribution is -0.128. The van der Waals surface area contributed by atoms with Crippen LogP contribution in [0.3, 0.4) is 0 Å². The van der Waals surface area contributed by atoms with Gasteiger partial charge in [-0.25, -0.2) is 17.2 Å². The van der Waals surface area contributed by atoms with E-state index in [2.05, 4.69) is 10.6 Å². The zero-order valence-electron chi connectivity index (χ0n) is 17.1. The molecule has 10 heteroatoms. The predicted octanol–water partition coefficient (Wildman–Crippen LogP) is 2.73. The normalized spacial score (nSPS) is 15.6. The van der Waals surface area contributed by atoms with E-state index in [9.17, 15) is 26.8 Å². The van der Waals surface area contributed by atoms with E-state index >= 15 is 0 Å². The van der Waals surface area contributed by atoms with Gasteiger partial charge in [0.2, 0.25) is 21.8 Å². The molecule has 1 aliphatic rings. The Morgan fingerprint density at radius 2 is 1.72 bits per heavy atom. The van der Waals surface area contributed by atoms with Crippen molar-refractivity contribution in [1.29, 1.82) is 0 Å². The fraction of sp³-hybridized carbons (Fsp3) is 0.273. The van der Waals surface area contributed by atoms with Crippen molar-refractivity contribution in [3.8, 4) is 0 Å². The van der Waals surface area contributed by atoms with Gasteiger partial charge in [-0.1, -0.05) is 30.3 Å². The lowest BCUT2D eigenvalue weighted by Gasteiger charge is -2.29. The van der Waals surface area contributed by atoms with Gasteiger partial charge in [0, 0.05) is 36.2 Å². The van der Waals surface area contributed by atoms with E-state index in [0.717, 1.165) is 23.1 Å². The molecule has 0 spiro atoms. The number of piperidine rings is 1. The fourth-order valence-electron chi connectivity index (χ4n) is 3.28. The standard InChI is InChI=1S/C22H23F2N3O4S/c23-19-7-6-18(14-20(19)24)26-21(28)15-25-22(29)17-8-11-27(12-9-17)32(30,31)13-10-16-4-2-1-3-5-16/h1-7,10,13-14,17H,8-9,11-12,15H2,(H,25,29)(H,26,28)/b13-10+. The lowest BCUT2D eigenvalue weighted by Crippen LogP contribution is -2.43. The highest BCUT2D eigenvalue weighted by Crippen LogP contribution is 2.21. The first-order valence-electron chi connectivity index (χ1n) is 10.0. The minimum atomic E-state index is -3.60. The van der Waals surface area contributed by atoms with Crippen molar-refractivity contribution in [3.05, 3.63) is 71.1 Å². The molecule has 0 atom stereocenters. The number of nitrogens with one attached hydrogen (secondary N) is 2. The van der Waals surface area contributed by atoms with Crippen LogP contribution in [-0.2, 0) is 19.6 Å². The summed E-state index contributed by atoms with van der Waals surface area (Å²) in [5.41, 5.74) is 0.845. The van der Waals surface area contributed by atoms with E-state index in [1.807, 2.05) is 18.2 Å². The number of nitrogens with zero attached hydrogens (tertiary/aromatic N) is 1. The molecule has 2 amide bonds. The second kappa shape index (κ2) is 10.5. The Hall–Kier alpha value is -3.11. The third-order valence-electron chi connectivity index (χ3n) is 5.04. The molecule has 32 heavy (non-hydrogen) atoms. The van der Waals surface area contributed by atoms with Crippen LogP contribution in [-0.4, -0.2) is 44.2 Å². The van der Waals surface area contributed by atoms with Crippen LogP contribution >= 0.6 is 0 Å². The van der Waals surface area contributed by atoms with E-state index in [4.69, 9.17) is 0 Å². The summed E-state index contributed by atoms with van der Waals surface area (Å²) in [6.45, 7) is 0.0529. The molecule has 170 valence electrons. The molecule has 1 heterocycles. The third kappa shape index (κ3) is 6.44. The highest BCUT2D eigenvalue weighted by atomic mass is 32.2. The van der Waals surface area contributed by atoms with E-state index in [0.29, 0.717) is 12.8 Å². The monoisotopic (exact) mass is 463 g/mol. The number of amides is 2. The molecule has 1 saturated heterocycles. The average molecular weight is 464 g/mol. The van der Waals surface area contributed by atoms with Crippen LogP contribution in [0.5, 0.6) is 0 Å². The zero-order chi connectivity index (χ0) is 23.1. The van der Waals surface area contributed by atoms with Crippen LogP contribution in [0.1, 0.15) is 18.4 Å². The molecule has 3 rings (SSSR count). The Morgan fingerprint density at radius 1 is 1.03 bits per heavy atom. The Morgan fingerprint density at radius 3 is 2.38 bits per heavy atom. The molecule has 0 unspecified atom stereocenters. The summed E-state index contributed by atoms with van der Waals surface area (Å²) in [5.74, 6) is -3.49. The molecular weight excluding hydrogens is 440 g/mol. The molecular formula is C22H23F2N3O4S. The maximum Gasteiger partial charge on any atom is 0.243 e. The van der Waals surface area contributed by atoms with E-state index in [1.54, 1.807) is 12.1 Å². The first-order valence-corrected chi connectivity index (χ1v) is 11.5. The van der Waals surface area contributed by atoms with Gasteiger partial charge in [-0.05, 0) is 36.6 Å². The van der Waals surface area contributed by atoms with Gasteiger partial charge in [0.15, 0.2) is 11.6 Å². The van der Waals surface area contributed by atoms with Gasteiger partial charge in [0.25, 0.3) is 0 Å². The van der Waals surface area contributed by atoms with Crippen LogP contribution in [0, 0.1) is 17.6 Å².